The van der Waals surface area contributed by atoms with Gasteiger partial charge >= 0.3 is 6.03 Å². The number of aromatic nitrogens is 1. The van der Waals surface area contributed by atoms with E-state index in [0.717, 1.165) is 18.2 Å². The lowest BCUT2D eigenvalue weighted by Gasteiger charge is -2.08. The number of nitrogens with zero attached hydrogens (tertiary/aromatic N) is 1. The van der Waals surface area contributed by atoms with Crippen LogP contribution in [-0.4, -0.2) is 24.2 Å². The van der Waals surface area contributed by atoms with Gasteiger partial charge in [0, 0.05) is 18.7 Å². The van der Waals surface area contributed by atoms with E-state index in [0.29, 0.717) is 22.2 Å². The highest BCUT2D eigenvalue weighted by Crippen LogP contribution is 2.11. The number of rotatable bonds is 6. The zero-order valence-electron chi connectivity index (χ0n) is 11.6. The molecule has 2 N–H and O–H groups in total. The van der Waals surface area contributed by atoms with Crippen molar-refractivity contribution in [1.29, 1.82) is 0 Å². The van der Waals surface area contributed by atoms with Crippen molar-refractivity contribution in [3.05, 3.63) is 29.6 Å². The van der Waals surface area contributed by atoms with Crippen LogP contribution in [0.25, 0.3) is 0 Å². The van der Waals surface area contributed by atoms with Gasteiger partial charge in [-0.15, -0.1) is 0 Å². The van der Waals surface area contributed by atoms with Crippen molar-refractivity contribution in [3.8, 4) is 0 Å². The third kappa shape index (κ3) is 6.42. The third-order valence-corrected chi connectivity index (χ3v) is 3.42. The molecule has 7 heteroatoms. The molecule has 1 heterocycles. The molecule has 0 saturated heterocycles. The number of thioether (sulfide) groups is 1. The van der Waals surface area contributed by atoms with Gasteiger partial charge in [-0.2, -0.15) is 4.73 Å². The minimum atomic E-state index is -0.501. The monoisotopic (exact) mass is 297 g/mol. The molecule has 1 aromatic rings. The van der Waals surface area contributed by atoms with Crippen LogP contribution < -0.4 is 15.4 Å². The summed E-state index contributed by atoms with van der Waals surface area (Å²) in [6, 6.07) is 4.44. The van der Waals surface area contributed by atoms with E-state index in [9.17, 15) is 14.8 Å². The van der Waals surface area contributed by atoms with Gasteiger partial charge in [0.25, 0.3) is 5.03 Å². The van der Waals surface area contributed by atoms with Gasteiger partial charge in [0.2, 0.25) is 5.91 Å². The number of amides is 3. The molecule has 0 unspecified atom stereocenters. The summed E-state index contributed by atoms with van der Waals surface area (Å²) >= 11 is 1.08. The van der Waals surface area contributed by atoms with Crippen LogP contribution in [0, 0.1) is 11.1 Å². The molecule has 6 nitrogen and oxygen atoms in total. The molecule has 20 heavy (non-hydrogen) atoms. The molecule has 0 radical (unpaired) electrons. The second-order valence-corrected chi connectivity index (χ2v) is 5.64. The molecule has 0 saturated carbocycles. The fourth-order valence-corrected chi connectivity index (χ4v) is 2.06. The van der Waals surface area contributed by atoms with Crippen molar-refractivity contribution < 1.29 is 14.3 Å². The molecule has 0 aliphatic carbocycles. The molecule has 0 bridgehead atoms. The Morgan fingerprint density at radius 3 is 2.80 bits per heavy atom. The van der Waals surface area contributed by atoms with Crippen molar-refractivity contribution in [2.75, 3.05) is 12.3 Å². The topological polar surface area (TPSA) is 85.1 Å². The van der Waals surface area contributed by atoms with Gasteiger partial charge in [0.05, 0.1) is 5.75 Å². The van der Waals surface area contributed by atoms with Crippen molar-refractivity contribution in [2.45, 2.75) is 25.3 Å². The summed E-state index contributed by atoms with van der Waals surface area (Å²) in [6.45, 7) is 4.64. The molecule has 0 atom stereocenters. The lowest BCUT2D eigenvalue weighted by molar-refractivity contribution is -0.645. The van der Waals surface area contributed by atoms with Crippen LogP contribution in [0.1, 0.15) is 20.3 Å². The molecule has 0 aliphatic heterocycles. The second kappa shape index (κ2) is 8.42. The first-order valence-electron chi connectivity index (χ1n) is 6.37. The molecule has 1 rings (SSSR count). The number of carbonyl (C=O) groups is 2. The Hall–Kier alpha value is -1.76. The van der Waals surface area contributed by atoms with E-state index >= 15 is 0 Å². The quantitative estimate of drug-likeness (QED) is 0.470. The van der Waals surface area contributed by atoms with Gasteiger partial charge in [-0.1, -0.05) is 13.8 Å². The van der Waals surface area contributed by atoms with Crippen LogP contribution in [0.2, 0.25) is 0 Å². The highest BCUT2D eigenvalue weighted by atomic mass is 32.2. The Balaban J connectivity index is 2.26. The largest absolute Gasteiger partial charge is 0.618 e. The molecule has 110 valence electrons. The summed E-state index contributed by atoms with van der Waals surface area (Å²) in [4.78, 5) is 22.9. The Labute approximate surface area is 122 Å². The highest BCUT2D eigenvalue weighted by molar-refractivity contribution is 7.99. The van der Waals surface area contributed by atoms with Crippen LogP contribution in [0.15, 0.2) is 29.4 Å². The van der Waals surface area contributed by atoms with E-state index in [1.807, 2.05) is 0 Å². The zero-order valence-corrected chi connectivity index (χ0v) is 12.4. The summed E-state index contributed by atoms with van der Waals surface area (Å²) in [5.74, 6) is 0.0807. The lowest BCUT2D eigenvalue weighted by atomic mass is 10.1. The standard InChI is InChI=1S/C13H19N3O3S/c1-10(2)6-7-14-13(18)15-11(17)9-20-12-5-3-4-8-16(12)19/h3-5,8,10H,6-7,9H2,1-2H3,(H2,14,15,17,18). The first kappa shape index (κ1) is 16.3. The SMILES string of the molecule is CC(C)CCNC(=O)NC(=O)CSc1cccc[n+]1[O-]. The average Bonchev–Trinajstić information content (AvgIpc) is 2.37. The second-order valence-electron chi connectivity index (χ2n) is 4.64. The van der Waals surface area contributed by atoms with E-state index < -0.39 is 11.9 Å². The van der Waals surface area contributed by atoms with Gasteiger partial charge in [-0.25, -0.2) is 4.79 Å². The third-order valence-electron chi connectivity index (χ3n) is 2.40. The molecular weight excluding hydrogens is 278 g/mol. The highest BCUT2D eigenvalue weighted by Gasteiger charge is 2.11. The molecule has 0 aromatic carbocycles. The summed E-state index contributed by atoms with van der Waals surface area (Å²) in [6.07, 6.45) is 2.22. The minimum Gasteiger partial charge on any atom is -0.618 e. The van der Waals surface area contributed by atoms with Crippen LogP contribution in [0.3, 0.4) is 0 Å². The van der Waals surface area contributed by atoms with Crippen molar-refractivity contribution in [2.24, 2.45) is 5.92 Å². The van der Waals surface area contributed by atoms with Gasteiger partial charge < -0.3 is 10.5 Å². The zero-order chi connectivity index (χ0) is 15.0. The van der Waals surface area contributed by atoms with E-state index in [1.54, 1.807) is 18.2 Å². The first-order chi connectivity index (χ1) is 9.49. The van der Waals surface area contributed by atoms with E-state index in [4.69, 9.17) is 0 Å². The molecule has 0 fully saturated rings. The van der Waals surface area contributed by atoms with E-state index in [1.165, 1.54) is 6.20 Å². The number of carbonyl (C=O) groups excluding carboxylic acids is 2. The van der Waals surface area contributed by atoms with Crippen molar-refractivity contribution >= 4 is 23.7 Å². The minimum absolute atomic E-state index is 0.0177. The Kier molecular flexibility index (Phi) is 6.86. The normalized spacial score (nSPS) is 10.3. The molecule has 3 amide bonds. The summed E-state index contributed by atoms with van der Waals surface area (Å²) in [5, 5.41) is 16.6. The van der Waals surface area contributed by atoms with Crippen molar-refractivity contribution in [3.63, 3.8) is 0 Å². The number of urea groups is 1. The van der Waals surface area contributed by atoms with Crippen molar-refractivity contribution in [1.82, 2.24) is 10.6 Å². The number of hydrogen-bond acceptors (Lipinski definition) is 4. The maximum absolute atomic E-state index is 11.5. The van der Waals surface area contributed by atoms with Gasteiger partial charge in [0.1, 0.15) is 0 Å². The molecule has 0 aliphatic rings. The molecule has 0 spiro atoms. The average molecular weight is 297 g/mol. The summed E-state index contributed by atoms with van der Waals surface area (Å²) in [7, 11) is 0. The van der Waals surface area contributed by atoms with Crippen LogP contribution in [0.5, 0.6) is 0 Å². The summed E-state index contributed by atoms with van der Waals surface area (Å²) in [5.41, 5.74) is 0. The number of pyridine rings is 1. The fourth-order valence-electron chi connectivity index (χ4n) is 1.35. The first-order valence-corrected chi connectivity index (χ1v) is 7.36. The Bertz CT molecular complexity index is 466. The van der Waals surface area contributed by atoms with Crippen LogP contribution in [-0.2, 0) is 4.79 Å². The molecular formula is C13H19N3O3S. The number of hydrogen-bond donors (Lipinski definition) is 2. The Morgan fingerprint density at radius 1 is 1.40 bits per heavy atom. The fraction of sp³-hybridized carbons (Fsp3) is 0.462. The smallest absolute Gasteiger partial charge is 0.321 e. The summed E-state index contributed by atoms with van der Waals surface area (Å²) < 4.78 is 0.681. The number of nitrogens with one attached hydrogen (secondary N) is 2. The van der Waals surface area contributed by atoms with Gasteiger partial charge in [-0.05, 0) is 30.2 Å². The van der Waals surface area contributed by atoms with Crippen LogP contribution >= 0.6 is 11.8 Å². The maximum Gasteiger partial charge on any atom is 0.321 e. The van der Waals surface area contributed by atoms with Gasteiger partial charge in [0.15, 0.2) is 6.20 Å². The maximum atomic E-state index is 11.5. The van der Waals surface area contributed by atoms with E-state index in [-0.39, 0.29) is 5.75 Å². The Morgan fingerprint density at radius 2 is 2.15 bits per heavy atom. The van der Waals surface area contributed by atoms with E-state index in [2.05, 4.69) is 24.5 Å². The predicted octanol–water partition coefficient (Wildman–Crippen LogP) is 1.28. The lowest BCUT2D eigenvalue weighted by Crippen LogP contribution is -2.41. The van der Waals surface area contributed by atoms with Crippen LogP contribution in [0.4, 0.5) is 4.79 Å². The number of imide groups is 1. The molecule has 1 aromatic heterocycles. The van der Waals surface area contributed by atoms with Gasteiger partial charge in [-0.3, -0.25) is 10.1 Å². The predicted molar refractivity (Wildman–Crippen MR) is 77.1 cm³/mol.